The molecule has 5 heteroatoms. The zero-order valence-electron chi connectivity index (χ0n) is 18.7. The molecule has 0 radical (unpaired) electrons. The third-order valence-electron chi connectivity index (χ3n) is 5.45. The monoisotopic (exact) mass is 423 g/mol. The lowest BCUT2D eigenvalue weighted by Gasteiger charge is -2.12. The van der Waals surface area contributed by atoms with Crippen LogP contribution in [0.1, 0.15) is 33.6 Å². The quantitative estimate of drug-likeness (QED) is 0.378. The number of fused-ring (bicyclic) bond motifs is 1. The molecule has 1 heterocycles. The molecule has 0 spiro atoms. The molecule has 1 N–H and O–H groups in total. The lowest BCUT2D eigenvalue weighted by molar-refractivity contribution is 0.284. The molecular weight excluding hydrogens is 398 g/mol. The number of nitrogens with one attached hydrogen (secondary N) is 1. The van der Waals surface area contributed by atoms with Crippen LogP contribution < -0.4 is 9.47 Å². The van der Waals surface area contributed by atoms with Crippen LogP contribution in [0.2, 0.25) is 0 Å². The van der Waals surface area contributed by atoms with Crippen LogP contribution in [0, 0.1) is 32.1 Å². The molecule has 5 nitrogen and oxygen atoms in total. The van der Waals surface area contributed by atoms with Crippen LogP contribution in [-0.2, 0) is 6.61 Å². The van der Waals surface area contributed by atoms with Crippen molar-refractivity contribution in [2.24, 2.45) is 0 Å². The van der Waals surface area contributed by atoms with Gasteiger partial charge in [-0.15, -0.1) is 0 Å². The Hall–Kier alpha value is -4.04. The summed E-state index contributed by atoms with van der Waals surface area (Å²) in [6, 6.07) is 20.2. The van der Waals surface area contributed by atoms with E-state index < -0.39 is 0 Å². The molecule has 0 saturated carbocycles. The molecule has 0 amide bonds. The second-order valence-electron chi connectivity index (χ2n) is 7.90. The smallest absolute Gasteiger partial charge is 0.161 e. The second-order valence-corrected chi connectivity index (χ2v) is 7.90. The minimum Gasteiger partial charge on any atom is -0.493 e. The van der Waals surface area contributed by atoms with Crippen molar-refractivity contribution in [1.82, 2.24) is 9.97 Å². The number of rotatable bonds is 6. The molecule has 0 aliphatic carbocycles. The predicted molar refractivity (Wildman–Crippen MR) is 128 cm³/mol. The van der Waals surface area contributed by atoms with Gasteiger partial charge in [-0.1, -0.05) is 35.9 Å². The van der Waals surface area contributed by atoms with Crippen molar-refractivity contribution in [2.45, 2.75) is 27.4 Å². The predicted octanol–water partition coefficient (Wildman–Crippen LogP) is 6.14. The highest BCUT2D eigenvalue weighted by Crippen LogP contribution is 2.30. The first-order chi connectivity index (χ1) is 15.5. The largest absolute Gasteiger partial charge is 0.493 e. The maximum absolute atomic E-state index is 9.75. The van der Waals surface area contributed by atoms with E-state index in [4.69, 9.17) is 9.47 Å². The van der Waals surface area contributed by atoms with E-state index in [0.717, 1.165) is 22.2 Å². The number of benzene rings is 3. The summed E-state index contributed by atoms with van der Waals surface area (Å²) in [6.07, 6.45) is 1.80. The number of H-pyrrole nitrogens is 1. The average Bonchev–Trinajstić information content (AvgIpc) is 3.19. The number of aromatic nitrogens is 2. The summed E-state index contributed by atoms with van der Waals surface area (Å²) in [5.74, 6) is 1.81. The van der Waals surface area contributed by atoms with Gasteiger partial charge in [0.15, 0.2) is 11.5 Å². The van der Waals surface area contributed by atoms with Crippen LogP contribution in [0.4, 0.5) is 0 Å². The number of aryl methyl sites for hydroxylation is 3. The van der Waals surface area contributed by atoms with Crippen molar-refractivity contribution in [3.8, 4) is 17.6 Å². The molecule has 0 bridgehead atoms. The van der Waals surface area contributed by atoms with Crippen molar-refractivity contribution in [2.75, 3.05) is 7.11 Å². The van der Waals surface area contributed by atoms with Crippen LogP contribution >= 0.6 is 0 Å². The van der Waals surface area contributed by atoms with Gasteiger partial charge >= 0.3 is 0 Å². The molecule has 1 aromatic heterocycles. The number of ether oxygens (including phenoxy) is 2. The normalized spacial score (nSPS) is 11.4. The van der Waals surface area contributed by atoms with Gasteiger partial charge in [0.1, 0.15) is 18.5 Å². The van der Waals surface area contributed by atoms with Gasteiger partial charge < -0.3 is 14.5 Å². The fourth-order valence-corrected chi connectivity index (χ4v) is 3.57. The molecule has 0 aliphatic rings. The van der Waals surface area contributed by atoms with Crippen LogP contribution in [0.3, 0.4) is 0 Å². The number of nitriles is 1. The Morgan fingerprint density at radius 2 is 1.84 bits per heavy atom. The second kappa shape index (κ2) is 8.99. The van der Waals surface area contributed by atoms with Gasteiger partial charge in [-0.25, -0.2) is 4.98 Å². The highest BCUT2D eigenvalue weighted by Gasteiger charge is 2.11. The lowest BCUT2D eigenvalue weighted by atomic mass is 10.1. The number of methoxy groups -OCH3 is 1. The van der Waals surface area contributed by atoms with E-state index >= 15 is 0 Å². The Bertz CT molecular complexity index is 1320. The van der Waals surface area contributed by atoms with E-state index in [1.54, 1.807) is 13.2 Å². The van der Waals surface area contributed by atoms with E-state index in [2.05, 4.69) is 55.0 Å². The summed E-state index contributed by atoms with van der Waals surface area (Å²) in [5.41, 5.74) is 7.69. The number of hydrogen-bond acceptors (Lipinski definition) is 4. The minimum absolute atomic E-state index is 0.451. The SMILES string of the molecule is COc1cc(/C=C(/C#N)c2nc3cc(C)c(C)cc3[nH]2)ccc1OCc1cccc(C)c1. The highest BCUT2D eigenvalue weighted by atomic mass is 16.5. The third kappa shape index (κ3) is 4.50. The Labute approximate surface area is 188 Å². The van der Waals surface area contributed by atoms with Gasteiger partial charge in [0.25, 0.3) is 0 Å². The van der Waals surface area contributed by atoms with Crippen LogP contribution in [0.25, 0.3) is 22.7 Å². The Morgan fingerprint density at radius 3 is 2.59 bits per heavy atom. The molecule has 3 aromatic carbocycles. The van der Waals surface area contributed by atoms with Gasteiger partial charge in [0.05, 0.1) is 23.7 Å². The fourth-order valence-electron chi connectivity index (χ4n) is 3.57. The molecule has 0 saturated heterocycles. The molecule has 0 unspecified atom stereocenters. The van der Waals surface area contributed by atoms with Crippen molar-refractivity contribution in [3.63, 3.8) is 0 Å². The van der Waals surface area contributed by atoms with E-state index in [1.807, 2.05) is 36.4 Å². The Morgan fingerprint density at radius 1 is 1.03 bits per heavy atom. The molecule has 160 valence electrons. The van der Waals surface area contributed by atoms with E-state index in [1.165, 1.54) is 16.7 Å². The van der Waals surface area contributed by atoms with E-state index in [0.29, 0.717) is 29.5 Å². The maximum atomic E-state index is 9.75. The minimum atomic E-state index is 0.451. The first kappa shape index (κ1) is 21.2. The molecule has 0 fully saturated rings. The van der Waals surface area contributed by atoms with Crippen LogP contribution in [0.5, 0.6) is 11.5 Å². The molecule has 32 heavy (non-hydrogen) atoms. The average molecular weight is 424 g/mol. The van der Waals surface area contributed by atoms with Crippen molar-refractivity contribution in [3.05, 3.63) is 88.2 Å². The van der Waals surface area contributed by atoms with Gasteiger partial charge in [0.2, 0.25) is 0 Å². The van der Waals surface area contributed by atoms with Gasteiger partial charge in [-0.05, 0) is 73.4 Å². The lowest BCUT2D eigenvalue weighted by Crippen LogP contribution is -1.98. The zero-order chi connectivity index (χ0) is 22.7. The summed E-state index contributed by atoms with van der Waals surface area (Å²) in [6.45, 7) is 6.63. The summed E-state index contributed by atoms with van der Waals surface area (Å²) in [7, 11) is 1.61. The highest BCUT2D eigenvalue weighted by molar-refractivity contribution is 5.90. The van der Waals surface area contributed by atoms with Crippen molar-refractivity contribution >= 4 is 22.7 Å². The topological polar surface area (TPSA) is 70.9 Å². The first-order valence-electron chi connectivity index (χ1n) is 10.4. The number of imidazole rings is 1. The molecule has 0 aliphatic heterocycles. The van der Waals surface area contributed by atoms with Crippen molar-refractivity contribution in [1.29, 1.82) is 5.26 Å². The van der Waals surface area contributed by atoms with Crippen molar-refractivity contribution < 1.29 is 9.47 Å². The maximum Gasteiger partial charge on any atom is 0.161 e. The van der Waals surface area contributed by atoms with E-state index in [9.17, 15) is 5.26 Å². The van der Waals surface area contributed by atoms with E-state index in [-0.39, 0.29) is 0 Å². The summed E-state index contributed by atoms with van der Waals surface area (Å²) < 4.78 is 11.5. The molecule has 0 atom stereocenters. The Balaban J connectivity index is 1.60. The summed E-state index contributed by atoms with van der Waals surface area (Å²) >= 11 is 0. The molecular formula is C27H25N3O2. The number of hydrogen-bond donors (Lipinski definition) is 1. The summed E-state index contributed by atoms with van der Waals surface area (Å²) in [4.78, 5) is 7.87. The van der Waals surface area contributed by atoms with Crippen LogP contribution in [0.15, 0.2) is 54.6 Å². The van der Waals surface area contributed by atoms with Gasteiger partial charge in [-0.2, -0.15) is 5.26 Å². The first-order valence-corrected chi connectivity index (χ1v) is 10.4. The number of nitrogens with zero attached hydrogens (tertiary/aromatic N) is 2. The molecule has 4 rings (SSSR count). The number of allylic oxidation sites excluding steroid dienone is 1. The molecule has 4 aromatic rings. The third-order valence-corrected chi connectivity index (χ3v) is 5.45. The Kier molecular flexibility index (Phi) is 5.96. The van der Waals surface area contributed by atoms with Gasteiger partial charge in [-0.3, -0.25) is 0 Å². The van der Waals surface area contributed by atoms with Gasteiger partial charge in [0, 0.05) is 0 Å². The fraction of sp³-hybridized carbons (Fsp3) is 0.185. The zero-order valence-corrected chi connectivity index (χ0v) is 18.7. The standard InChI is InChI=1S/C27H25N3O2/c1-17-6-5-7-21(10-17)16-32-25-9-8-20(14-26(25)31-4)13-22(15-28)27-29-23-11-18(2)19(3)12-24(23)30-27/h5-14H,16H2,1-4H3,(H,29,30)/b22-13-. The number of aromatic amines is 1. The van der Waals surface area contributed by atoms with Crippen LogP contribution in [-0.4, -0.2) is 17.1 Å². The summed E-state index contributed by atoms with van der Waals surface area (Å²) in [5, 5.41) is 9.75.